The number of rotatable bonds is 1. The van der Waals surface area contributed by atoms with E-state index >= 15 is 0 Å². The number of benzene rings is 1. The summed E-state index contributed by atoms with van der Waals surface area (Å²) in [5.41, 5.74) is 8.68. The lowest BCUT2D eigenvalue weighted by Gasteiger charge is -2.28. The molecule has 1 aromatic carbocycles. The van der Waals surface area contributed by atoms with E-state index in [4.69, 9.17) is 5.73 Å². The molecule has 21 heavy (non-hydrogen) atoms. The molecule has 0 radical (unpaired) electrons. The summed E-state index contributed by atoms with van der Waals surface area (Å²) in [6.45, 7) is 1.80. The Labute approximate surface area is 128 Å². The molecule has 1 aromatic heterocycles. The number of hydrogen-bond donors (Lipinski definition) is 1. The molecule has 2 heterocycles. The highest BCUT2D eigenvalue weighted by Gasteiger charge is 2.22. The molecule has 1 aliphatic rings. The average Bonchev–Trinajstić information content (AvgIpc) is 3.00. The SMILES string of the molecule is NCC#Cc1cc(C(=O)N2CCc3ccccc3C2)cs1. The number of nitrogens with zero attached hydrogens (tertiary/aromatic N) is 1. The van der Waals surface area contributed by atoms with Gasteiger partial charge in [-0.15, -0.1) is 11.3 Å². The van der Waals surface area contributed by atoms with E-state index in [-0.39, 0.29) is 5.91 Å². The van der Waals surface area contributed by atoms with Crippen LogP contribution < -0.4 is 5.73 Å². The number of hydrogen-bond acceptors (Lipinski definition) is 3. The predicted molar refractivity (Wildman–Crippen MR) is 85.1 cm³/mol. The Hall–Kier alpha value is -2.09. The number of fused-ring (bicyclic) bond motifs is 1. The Morgan fingerprint density at radius 1 is 1.33 bits per heavy atom. The monoisotopic (exact) mass is 296 g/mol. The van der Waals surface area contributed by atoms with Crippen molar-refractivity contribution in [2.75, 3.05) is 13.1 Å². The van der Waals surface area contributed by atoms with Gasteiger partial charge in [0.2, 0.25) is 0 Å². The minimum atomic E-state index is 0.0848. The lowest BCUT2D eigenvalue weighted by molar-refractivity contribution is 0.0735. The van der Waals surface area contributed by atoms with Crippen molar-refractivity contribution in [3.63, 3.8) is 0 Å². The molecular weight excluding hydrogens is 280 g/mol. The molecule has 3 rings (SSSR count). The second-order valence-electron chi connectivity index (χ2n) is 4.95. The van der Waals surface area contributed by atoms with Gasteiger partial charge in [-0.25, -0.2) is 0 Å². The van der Waals surface area contributed by atoms with E-state index in [2.05, 4.69) is 30.0 Å². The predicted octanol–water partition coefficient (Wildman–Crippen LogP) is 2.26. The zero-order valence-corrected chi connectivity index (χ0v) is 12.5. The summed E-state index contributed by atoms with van der Waals surface area (Å²) >= 11 is 1.49. The van der Waals surface area contributed by atoms with Gasteiger partial charge in [-0.2, -0.15) is 0 Å². The van der Waals surface area contributed by atoms with Gasteiger partial charge in [0.15, 0.2) is 0 Å². The molecule has 3 nitrogen and oxygen atoms in total. The topological polar surface area (TPSA) is 46.3 Å². The molecule has 106 valence electrons. The van der Waals surface area contributed by atoms with Crippen LogP contribution in [0.5, 0.6) is 0 Å². The second-order valence-corrected chi connectivity index (χ2v) is 5.86. The maximum atomic E-state index is 12.6. The van der Waals surface area contributed by atoms with E-state index in [1.54, 1.807) is 0 Å². The zero-order valence-electron chi connectivity index (χ0n) is 11.6. The van der Waals surface area contributed by atoms with Crippen molar-refractivity contribution in [2.45, 2.75) is 13.0 Å². The first-order valence-corrected chi connectivity index (χ1v) is 7.79. The number of carbonyl (C=O) groups is 1. The maximum Gasteiger partial charge on any atom is 0.255 e. The van der Waals surface area contributed by atoms with Gasteiger partial charge < -0.3 is 10.6 Å². The van der Waals surface area contributed by atoms with Crippen molar-refractivity contribution in [3.05, 3.63) is 57.3 Å². The fourth-order valence-electron chi connectivity index (χ4n) is 2.50. The van der Waals surface area contributed by atoms with Gasteiger partial charge in [0.25, 0.3) is 5.91 Å². The highest BCUT2D eigenvalue weighted by molar-refractivity contribution is 7.10. The summed E-state index contributed by atoms with van der Waals surface area (Å²) in [7, 11) is 0. The Bertz CT molecular complexity index is 724. The third kappa shape index (κ3) is 2.99. The van der Waals surface area contributed by atoms with Gasteiger partial charge >= 0.3 is 0 Å². The molecule has 1 aliphatic heterocycles. The van der Waals surface area contributed by atoms with Crippen LogP contribution in [0.4, 0.5) is 0 Å². The first kappa shape index (κ1) is 13.9. The molecule has 0 saturated heterocycles. The molecule has 1 amide bonds. The van der Waals surface area contributed by atoms with E-state index in [0.717, 1.165) is 23.4 Å². The van der Waals surface area contributed by atoms with E-state index in [0.29, 0.717) is 13.1 Å². The molecule has 2 N–H and O–H groups in total. The molecule has 0 spiro atoms. The summed E-state index contributed by atoms with van der Waals surface area (Å²) in [6.07, 6.45) is 0.923. The van der Waals surface area contributed by atoms with Crippen molar-refractivity contribution in [1.29, 1.82) is 0 Å². The quantitative estimate of drug-likeness (QED) is 0.821. The Balaban J connectivity index is 1.76. The van der Waals surface area contributed by atoms with Crippen LogP contribution in [-0.2, 0) is 13.0 Å². The van der Waals surface area contributed by atoms with Crippen LogP contribution in [0, 0.1) is 11.8 Å². The van der Waals surface area contributed by atoms with Crippen LogP contribution in [0.15, 0.2) is 35.7 Å². The molecule has 0 aliphatic carbocycles. The Morgan fingerprint density at radius 3 is 2.95 bits per heavy atom. The van der Waals surface area contributed by atoms with Crippen LogP contribution in [0.1, 0.15) is 26.4 Å². The van der Waals surface area contributed by atoms with E-state index in [1.165, 1.54) is 22.5 Å². The van der Waals surface area contributed by atoms with Crippen molar-refractivity contribution >= 4 is 17.2 Å². The maximum absolute atomic E-state index is 12.6. The van der Waals surface area contributed by atoms with Crippen LogP contribution >= 0.6 is 11.3 Å². The lowest BCUT2D eigenvalue weighted by atomic mass is 9.99. The van der Waals surface area contributed by atoms with Crippen LogP contribution in [0.2, 0.25) is 0 Å². The number of thiophene rings is 1. The molecular formula is C17H16N2OS. The fraction of sp³-hybridized carbons (Fsp3) is 0.235. The number of carbonyl (C=O) groups excluding carboxylic acids is 1. The second kappa shape index (κ2) is 6.13. The van der Waals surface area contributed by atoms with Crippen molar-refractivity contribution in [2.24, 2.45) is 5.73 Å². The van der Waals surface area contributed by atoms with Gasteiger partial charge in [-0.05, 0) is 23.6 Å². The number of amides is 1. The summed E-state index contributed by atoms with van der Waals surface area (Å²) in [4.78, 5) is 15.4. The van der Waals surface area contributed by atoms with E-state index < -0.39 is 0 Å². The average molecular weight is 296 g/mol. The largest absolute Gasteiger partial charge is 0.334 e. The fourth-order valence-corrected chi connectivity index (χ4v) is 3.25. The highest BCUT2D eigenvalue weighted by atomic mass is 32.1. The highest BCUT2D eigenvalue weighted by Crippen LogP contribution is 2.22. The lowest BCUT2D eigenvalue weighted by Crippen LogP contribution is -2.35. The zero-order chi connectivity index (χ0) is 14.7. The van der Waals surface area contributed by atoms with Crippen molar-refractivity contribution in [3.8, 4) is 11.8 Å². The van der Waals surface area contributed by atoms with Crippen LogP contribution in [0.3, 0.4) is 0 Å². The summed E-state index contributed by atoms with van der Waals surface area (Å²) < 4.78 is 0. The van der Waals surface area contributed by atoms with Gasteiger partial charge in [0.05, 0.1) is 17.0 Å². The molecule has 4 heteroatoms. The van der Waals surface area contributed by atoms with Crippen LogP contribution in [-0.4, -0.2) is 23.9 Å². The number of nitrogens with two attached hydrogens (primary N) is 1. The normalized spacial score (nSPS) is 13.3. The molecule has 0 fully saturated rings. The molecule has 0 bridgehead atoms. The first-order valence-electron chi connectivity index (χ1n) is 6.91. The summed E-state index contributed by atoms with van der Waals surface area (Å²) in [5.74, 6) is 5.87. The van der Waals surface area contributed by atoms with E-state index in [9.17, 15) is 4.79 Å². The van der Waals surface area contributed by atoms with Gasteiger partial charge in [0, 0.05) is 18.5 Å². The van der Waals surface area contributed by atoms with Crippen LogP contribution in [0.25, 0.3) is 0 Å². The minimum Gasteiger partial charge on any atom is -0.334 e. The Kier molecular flexibility index (Phi) is 4.05. The molecule has 0 saturated carbocycles. The minimum absolute atomic E-state index is 0.0848. The smallest absolute Gasteiger partial charge is 0.255 e. The van der Waals surface area contributed by atoms with Gasteiger partial charge in [-0.1, -0.05) is 36.1 Å². The summed E-state index contributed by atoms with van der Waals surface area (Å²) in [6, 6.07) is 10.2. The third-order valence-corrected chi connectivity index (χ3v) is 4.42. The standard InChI is InChI=1S/C17H16N2OS/c18-8-3-6-16-10-15(12-21-16)17(20)19-9-7-13-4-1-2-5-14(13)11-19/h1-2,4-5,10,12H,7-9,11,18H2. The van der Waals surface area contributed by atoms with Crippen molar-refractivity contribution < 1.29 is 4.79 Å². The first-order chi connectivity index (χ1) is 10.3. The molecule has 2 aromatic rings. The molecule has 0 atom stereocenters. The van der Waals surface area contributed by atoms with Gasteiger partial charge in [-0.3, -0.25) is 4.79 Å². The molecule has 0 unspecified atom stereocenters. The Morgan fingerprint density at radius 2 is 2.14 bits per heavy atom. The van der Waals surface area contributed by atoms with Gasteiger partial charge in [0.1, 0.15) is 0 Å². The third-order valence-electron chi connectivity index (χ3n) is 3.58. The van der Waals surface area contributed by atoms with E-state index in [1.807, 2.05) is 22.4 Å². The summed E-state index contributed by atoms with van der Waals surface area (Å²) in [5, 5.41) is 1.88. The van der Waals surface area contributed by atoms with Crippen molar-refractivity contribution in [1.82, 2.24) is 4.90 Å².